The average Bonchev–Trinajstić information content (AvgIpc) is 3.66. The lowest BCUT2D eigenvalue weighted by Crippen LogP contribution is -2.52. The smallest absolute Gasteiger partial charge is 0.0172 e. The van der Waals surface area contributed by atoms with Crippen molar-refractivity contribution in [3.05, 3.63) is 11.6 Å². The lowest BCUT2D eigenvalue weighted by molar-refractivity contribution is -0.100. The fourth-order valence-electron chi connectivity index (χ4n) is 15.3. The predicted molar refractivity (Wildman–Crippen MR) is 221 cm³/mol. The first-order valence-electron chi connectivity index (χ1n) is 24.4. The maximum absolute atomic E-state index is 2.74. The SMILES string of the molecule is CC.CC.CCCC=C1CCCCC1C1CCC(C2C3CCCCC3C(C3CCC(C4CCCCC4)C(CCCC)C3)C3CCCC32)C[C@H]1C. The van der Waals surface area contributed by atoms with Crippen LogP contribution in [0.15, 0.2) is 11.6 Å². The van der Waals surface area contributed by atoms with Gasteiger partial charge < -0.3 is 0 Å². The highest BCUT2D eigenvalue weighted by Crippen LogP contribution is 2.64. The first kappa shape index (κ1) is 40.9. The van der Waals surface area contributed by atoms with Gasteiger partial charge in [0.05, 0.1) is 0 Å². The Labute approximate surface area is 315 Å². The third-order valence-electron chi connectivity index (χ3n) is 17.0. The normalized spacial score (nSPS) is 43.1. The van der Waals surface area contributed by atoms with Crippen molar-refractivity contribution in [3.8, 4) is 0 Å². The van der Waals surface area contributed by atoms with E-state index in [1.807, 2.05) is 33.3 Å². The third-order valence-corrected chi connectivity index (χ3v) is 17.0. The van der Waals surface area contributed by atoms with Crippen LogP contribution >= 0.6 is 0 Å². The summed E-state index contributed by atoms with van der Waals surface area (Å²) in [5.74, 6) is 15.0. The molecule has 12 unspecified atom stereocenters. The van der Waals surface area contributed by atoms with Crippen LogP contribution in [0.1, 0.15) is 222 Å². The van der Waals surface area contributed by atoms with E-state index in [1.54, 1.807) is 116 Å². The Morgan fingerprint density at radius 3 is 1.66 bits per heavy atom. The second-order valence-corrected chi connectivity index (χ2v) is 19.2. The molecule has 0 aromatic heterocycles. The second-order valence-electron chi connectivity index (χ2n) is 19.2. The molecule has 7 rings (SSSR count). The fraction of sp³-hybridized carbons (Fsp3) is 0.960. The highest BCUT2D eigenvalue weighted by atomic mass is 14.6. The maximum atomic E-state index is 2.74. The summed E-state index contributed by atoms with van der Waals surface area (Å²) in [6.45, 7) is 15.6. The third kappa shape index (κ3) is 9.33. The highest BCUT2D eigenvalue weighted by molar-refractivity contribution is 5.13. The molecular weight excluding hydrogens is 601 g/mol. The van der Waals surface area contributed by atoms with Crippen LogP contribution in [0.3, 0.4) is 0 Å². The van der Waals surface area contributed by atoms with E-state index in [2.05, 4.69) is 26.8 Å². The molecule has 7 fully saturated rings. The summed E-state index contributed by atoms with van der Waals surface area (Å²) in [5.41, 5.74) is 1.91. The molecule has 0 nitrogen and oxygen atoms in total. The Morgan fingerprint density at radius 1 is 0.500 bits per heavy atom. The molecule has 0 amide bonds. The number of rotatable bonds is 9. The minimum absolute atomic E-state index is 0.943. The molecule has 13 atom stereocenters. The highest BCUT2D eigenvalue weighted by Gasteiger charge is 2.57. The zero-order valence-corrected chi connectivity index (χ0v) is 35.3. The van der Waals surface area contributed by atoms with Crippen LogP contribution in [0.25, 0.3) is 0 Å². The van der Waals surface area contributed by atoms with E-state index in [-0.39, 0.29) is 0 Å². The first-order chi connectivity index (χ1) is 24.7. The van der Waals surface area contributed by atoms with E-state index in [1.165, 1.54) is 57.8 Å². The molecule has 7 aliphatic rings. The molecule has 0 radical (unpaired) electrons. The molecule has 7 saturated carbocycles. The fourth-order valence-corrected chi connectivity index (χ4v) is 15.3. The molecule has 0 aromatic rings. The first-order valence-corrected chi connectivity index (χ1v) is 24.4. The van der Waals surface area contributed by atoms with Gasteiger partial charge >= 0.3 is 0 Å². The quantitative estimate of drug-likeness (QED) is 0.211. The van der Waals surface area contributed by atoms with Crippen molar-refractivity contribution >= 4 is 0 Å². The summed E-state index contributed by atoms with van der Waals surface area (Å²) in [7, 11) is 0. The molecule has 290 valence electrons. The van der Waals surface area contributed by atoms with E-state index in [0.29, 0.717) is 0 Å². The lowest BCUT2D eigenvalue weighted by Gasteiger charge is -2.59. The van der Waals surface area contributed by atoms with Crippen LogP contribution in [-0.4, -0.2) is 0 Å². The number of allylic oxidation sites excluding steroid dienone is 2. The minimum atomic E-state index is 0.943. The van der Waals surface area contributed by atoms with Crippen LogP contribution in [-0.2, 0) is 0 Å². The summed E-state index contributed by atoms with van der Waals surface area (Å²) < 4.78 is 0. The molecule has 0 spiro atoms. The van der Waals surface area contributed by atoms with E-state index in [4.69, 9.17) is 0 Å². The Balaban J connectivity index is 0.00000117. The Kier molecular flexibility index (Phi) is 17.2. The van der Waals surface area contributed by atoms with Gasteiger partial charge in [0.15, 0.2) is 0 Å². The molecule has 0 heteroatoms. The van der Waals surface area contributed by atoms with Crippen molar-refractivity contribution in [3.63, 3.8) is 0 Å². The van der Waals surface area contributed by atoms with Gasteiger partial charge in [0.25, 0.3) is 0 Å². The molecule has 0 bridgehead atoms. The van der Waals surface area contributed by atoms with Gasteiger partial charge in [-0.1, -0.05) is 144 Å². The van der Waals surface area contributed by atoms with Crippen LogP contribution in [0, 0.1) is 82.9 Å². The molecule has 7 aliphatic carbocycles. The Bertz CT molecular complexity index is 953. The number of hydrogen-bond acceptors (Lipinski definition) is 0. The minimum Gasteiger partial charge on any atom is -0.0851 e. The average molecular weight is 691 g/mol. The number of unbranched alkanes of at least 4 members (excludes halogenated alkanes) is 2. The van der Waals surface area contributed by atoms with Crippen molar-refractivity contribution < 1.29 is 0 Å². The molecule has 0 N–H and O–H groups in total. The van der Waals surface area contributed by atoms with Crippen LogP contribution in [0.2, 0.25) is 0 Å². The topological polar surface area (TPSA) is 0 Å². The van der Waals surface area contributed by atoms with Crippen LogP contribution < -0.4 is 0 Å². The van der Waals surface area contributed by atoms with E-state index in [0.717, 1.165) is 82.9 Å². The lowest BCUT2D eigenvalue weighted by atomic mass is 9.46. The molecule has 50 heavy (non-hydrogen) atoms. The number of hydrogen-bond donors (Lipinski definition) is 0. The van der Waals surface area contributed by atoms with Crippen molar-refractivity contribution in [2.45, 2.75) is 222 Å². The van der Waals surface area contributed by atoms with Gasteiger partial charge in [-0.3, -0.25) is 0 Å². The molecule has 0 aromatic carbocycles. The standard InChI is InChI=1S/C46H78.2C2H6/c1-4-6-16-34-20-11-12-21-40(34)38-28-26-36(30-32(38)3)45-41-22-13-14-23-42(41)46(44-25-15-24-43(44)45)37-27-29-39(33-18-9-8-10-19-33)35(31-37)17-7-5-2;2*1-2/h16,32-33,35-46H,4-15,17-31H2,1-3H3;2*1-2H3/t32-,35?,36?,37?,38?,39?,40?,41?,42?,43?,44?,45?,46?;;/m1../s1. The second kappa shape index (κ2) is 21.0. The van der Waals surface area contributed by atoms with E-state index >= 15 is 0 Å². The van der Waals surface area contributed by atoms with E-state index in [9.17, 15) is 0 Å². The van der Waals surface area contributed by atoms with Crippen LogP contribution in [0.4, 0.5) is 0 Å². The maximum Gasteiger partial charge on any atom is -0.0172 e. The largest absolute Gasteiger partial charge is 0.0851 e. The molecular formula is C50H90. The van der Waals surface area contributed by atoms with Crippen molar-refractivity contribution in [2.75, 3.05) is 0 Å². The monoisotopic (exact) mass is 691 g/mol. The van der Waals surface area contributed by atoms with Gasteiger partial charge in [-0.25, -0.2) is 0 Å². The summed E-state index contributed by atoms with van der Waals surface area (Å²) in [6.07, 6.45) is 44.4. The summed E-state index contributed by atoms with van der Waals surface area (Å²) in [6, 6.07) is 0. The van der Waals surface area contributed by atoms with Gasteiger partial charge in [0, 0.05) is 0 Å². The zero-order valence-electron chi connectivity index (χ0n) is 35.3. The Morgan fingerprint density at radius 2 is 1.06 bits per heavy atom. The van der Waals surface area contributed by atoms with Crippen molar-refractivity contribution in [1.82, 2.24) is 0 Å². The van der Waals surface area contributed by atoms with Gasteiger partial charge in [-0.05, 0) is 173 Å². The number of fused-ring (bicyclic) bond motifs is 2. The van der Waals surface area contributed by atoms with Gasteiger partial charge in [-0.15, -0.1) is 0 Å². The van der Waals surface area contributed by atoms with Crippen molar-refractivity contribution in [2.24, 2.45) is 82.9 Å². The Hall–Kier alpha value is -0.260. The molecule has 0 saturated heterocycles. The predicted octanol–water partition coefficient (Wildman–Crippen LogP) is 16.3. The van der Waals surface area contributed by atoms with Gasteiger partial charge in [-0.2, -0.15) is 0 Å². The van der Waals surface area contributed by atoms with E-state index < -0.39 is 0 Å². The summed E-state index contributed by atoms with van der Waals surface area (Å²) in [5, 5.41) is 0. The van der Waals surface area contributed by atoms with Gasteiger partial charge in [0.1, 0.15) is 0 Å². The van der Waals surface area contributed by atoms with Crippen molar-refractivity contribution in [1.29, 1.82) is 0 Å². The zero-order chi connectivity index (χ0) is 35.5. The summed E-state index contributed by atoms with van der Waals surface area (Å²) in [4.78, 5) is 0. The molecule has 0 heterocycles. The molecule has 0 aliphatic heterocycles. The summed E-state index contributed by atoms with van der Waals surface area (Å²) >= 11 is 0. The van der Waals surface area contributed by atoms with Crippen LogP contribution in [0.5, 0.6) is 0 Å². The van der Waals surface area contributed by atoms with Gasteiger partial charge in [0.2, 0.25) is 0 Å².